The molecule has 1 N–H and O–H groups in total. The van der Waals surface area contributed by atoms with E-state index in [0.29, 0.717) is 0 Å². The molecule has 17 heavy (non-hydrogen) atoms. The molecule has 1 saturated heterocycles. The second-order valence-corrected chi connectivity index (χ2v) is 4.91. The Labute approximate surface area is 104 Å². The van der Waals surface area contributed by atoms with Crippen LogP contribution in [0.3, 0.4) is 0 Å². The van der Waals surface area contributed by atoms with Crippen molar-refractivity contribution in [2.24, 2.45) is 0 Å². The summed E-state index contributed by atoms with van der Waals surface area (Å²) in [5, 5.41) is 3.56. The highest BCUT2D eigenvalue weighted by molar-refractivity contribution is 5.48. The van der Waals surface area contributed by atoms with E-state index in [1.165, 1.54) is 12.0 Å². The van der Waals surface area contributed by atoms with Gasteiger partial charge in [0, 0.05) is 18.7 Å². The van der Waals surface area contributed by atoms with Crippen LogP contribution in [0.5, 0.6) is 0 Å². The summed E-state index contributed by atoms with van der Waals surface area (Å²) in [4.78, 5) is 0. The molecule has 1 aliphatic rings. The van der Waals surface area contributed by atoms with E-state index in [1.807, 2.05) is 6.07 Å². The van der Waals surface area contributed by atoms with Crippen LogP contribution >= 0.6 is 0 Å². The van der Waals surface area contributed by atoms with Gasteiger partial charge in [0.2, 0.25) is 0 Å². The number of nitrogens with one attached hydrogen (secondary N) is 1. The van der Waals surface area contributed by atoms with Crippen molar-refractivity contribution in [3.05, 3.63) is 42.0 Å². The van der Waals surface area contributed by atoms with Crippen LogP contribution in [0, 0.1) is 0 Å². The summed E-state index contributed by atoms with van der Waals surface area (Å²) in [5.41, 5.74) is 1.40. The molecular weight excluding hydrogens is 210 g/mol. The van der Waals surface area contributed by atoms with Crippen molar-refractivity contribution in [3.63, 3.8) is 0 Å². The standard InChI is InChI=1S/C15H21NO/c1-15(10-6-12-17-13-15)16-11-5-9-14-7-3-2-4-8-14/h2-5,7-9,16H,6,10-13H2,1H3/b9-5+. The van der Waals surface area contributed by atoms with Gasteiger partial charge in [-0.2, -0.15) is 0 Å². The van der Waals surface area contributed by atoms with Crippen molar-refractivity contribution in [3.8, 4) is 0 Å². The zero-order valence-corrected chi connectivity index (χ0v) is 10.5. The van der Waals surface area contributed by atoms with Gasteiger partial charge < -0.3 is 10.1 Å². The van der Waals surface area contributed by atoms with Crippen molar-refractivity contribution in [2.45, 2.75) is 25.3 Å². The number of ether oxygens (including phenoxy) is 1. The summed E-state index contributed by atoms with van der Waals surface area (Å²) < 4.78 is 5.51. The van der Waals surface area contributed by atoms with Crippen LogP contribution in [-0.2, 0) is 4.74 Å². The lowest BCUT2D eigenvalue weighted by atomic mass is 9.95. The Bertz CT molecular complexity index is 352. The Hall–Kier alpha value is -1.12. The average molecular weight is 231 g/mol. The van der Waals surface area contributed by atoms with E-state index in [4.69, 9.17) is 4.74 Å². The summed E-state index contributed by atoms with van der Waals surface area (Å²) in [6.07, 6.45) is 6.69. The normalized spacial score (nSPS) is 25.2. The molecule has 2 rings (SSSR count). The van der Waals surface area contributed by atoms with E-state index in [0.717, 1.165) is 26.2 Å². The van der Waals surface area contributed by atoms with Crippen molar-refractivity contribution in [1.82, 2.24) is 5.32 Å². The Balaban J connectivity index is 1.77. The molecule has 1 aliphatic heterocycles. The van der Waals surface area contributed by atoms with Gasteiger partial charge in [0.15, 0.2) is 0 Å². The Morgan fingerprint density at radius 1 is 1.35 bits per heavy atom. The van der Waals surface area contributed by atoms with Gasteiger partial charge in [-0.3, -0.25) is 0 Å². The van der Waals surface area contributed by atoms with Gasteiger partial charge in [0.25, 0.3) is 0 Å². The topological polar surface area (TPSA) is 21.3 Å². The van der Waals surface area contributed by atoms with Crippen LogP contribution in [-0.4, -0.2) is 25.3 Å². The predicted molar refractivity (Wildman–Crippen MR) is 71.9 cm³/mol. The van der Waals surface area contributed by atoms with E-state index >= 15 is 0 Å². The summed E-state index contributed by atoms with van der Waals surface area (Å²) in [5.74, 6) is 0. The number of rotatable bonds is 4. The lowest BCUT2D eigenvalue weighted by Gasteiger charge is -2.34. The number of benzene rings is 1. The van der Waals surface area contributed by atoms with E-state index < -0.39 is 0 Å². The third-order valence-corrected chi connectivity index (χ3v) is 3.19. The Morgan fingerprint density at radius 2 is 2.18 bits per heavy atom. The van der Waals surface area contributed by atoms with Gasteiger partial charge >= 0.3 is 0 Å². The Morgan fingerprint density at radius 3 is 2.88 bits per heavy atom. The highest BCUT2D eigenvalue weighted by Crippen LogP contribution is 2.17. The molecule has 2 heteroatoms. The third-order valence-electron chi connectivity index (χ3n) is 3.19. The lowest BCUT2D eigenvalue weighted by Crippen LogP contribution is -2.48. The summed E-state index contributed by atoms with van der Waals surface area (Å²) in [6.45, 7) is 4.88. The van der Waals surface area contributed by atoms with E-state index in [2.05, 4.69) is 48.7 Å². The first-order valence-corrected chi connectivity index (χ1v) is 6.33. The van der Waals surface area contributed by atoms with Gasteiger partial charge in [0.1, 0.15) is 0 Å². The summed E-state index contributed by atoms with van der Waals surface area (Å²) in [7, 11) is 0. The maximum atomic E-state index is 5.51. The smallest absolute Gasteiger partial charge is 0.0645 e. The van der Waals surface area contributed by atoms with Gasteiger partial charge in [-0.1, -0.05) is 42.5 Å². The average Bonchev–Trinajstić information content (AvgIpc) is 2.37. The van der Waals surface area contributed by atoms with Crippen molar-refractivity contribution < 1.29 is 4.74 Å². The molecule has 1 unspecified atom stereocenters. The second kappa shape index (κ2) is 5.99. The molecule has 0 amide bonds. The zero-order valence-electron chi connectivity index (χ0n) is 10.5. The highest BCUT2D eigenvalue weighted by atomic mass is 16.5. The molecule has 2 nitrogen and oxygen atoms in total. The second-order valence-electron chi connectivity index (χ2n) is 4.91. The van der Waals surface area contributed by atoms with Crippen LogP contribution in [0.2, 0.25) is 0 Å². The Kier molecular flexibility index (Phi) is 4.35. The summed E-state index contributed by atoms with van der Waals surface area (Å²) in [6, 6.07) is 10.4. The van der Waals surface area contributed by atoms with Crippen LogP contribution < -0.4 is 5.32 Å². The fourth-order valence-corrected chi connectivity index (χ4v) is 2.14. The van der Waals surface area contributed by atoms with E-state index in [9.17, 15) is 0 Å². The van der Waals surface area contributed by atoms with Gasteiger partial charge in [-0.05, 0) is 25.3 Å². The molecule has 0 aliphatic carbocycles. The van der Waals surface area contributed by atoms with E-state index in [-0.39, 0.29) is 5.54 Å². The fraction of sp³-hybridized carbons (Fsp3) is 0.467. The molecule has 1 fully saturated rings. The van der Waals surface area contributed by atoms with Crippen LogP contribution in [0.1, 0.15) is 25.3 Å². The minimum Gasteiger partial charge on any atom is -0.380 e. The number of hydrogen-bond acceptors (Lipinski definition) is 2. The van der Waals surface area contributed by atoms with Gasteiger partial charge in [-0.15, -0.1) is 0 Å². The largest absolute Gasteiger partial charge is 0.380 e. The number of hydrogen-bond donors (Lipinski definition) is 1. The molecule has 1 atom stereocenters. The molecule has 1 heterocycles. The highest BCUT2D eigenvalue weighted by Gasteiger charge is 2.25. The van der Waals surface area contributed by atoms with Crippen molar-refractivity contribution >= 4 is 6.08 Å². The van der Waals surface area contributed by atoms with Crippen LogP contribution in [0.25, 0.3) is 6.08 Å². The van der Waals surface area contributed by atoms with Gasteiger partial charge in [-0.25, -0.2) is 0 Å². The molecule has 0 spiro atoms. The van der Waals surface area contributed by atoms with Crippen molar-refractivity contribution in [2.75, 3.05) is 19.8 Å². The van der Waals surface area contributed by atoms with Gasteiger partial charge in [0.05, 0.1) is 6.61 Å². The van der Waals surface area contributed by atoms with Crippen molar-refractivity contribution in [1.29, 1.82) is 0 Å². The maximum Gasteiger partial charge on any atom is 0.0645 e. The van der Waals surface area contributed by atoms with Crippen LogP contribution in [0.4, 0.5) is 0 Å². The maximum absolute atomic E-state index is 5.51. The first-order valence-electron chi connectivity index (χ1n) is 6.33. The lowest BCUT2D eigenvalue weighted by molar-refractivity contribution is 0.0303. The molecule has 92 valence electrons. The van der Waals surface area contributed by atoms with E-state index in [1.54, 1.807) is 0 Å². The fourth-order valence-electron chi connectivity index (χ4n) is 2.14. The molecular formula is C15H21NO. The zero-order chi connectivity index (χ0) is 12.0. The van der Waals surface area contributed by atoms with Crippen LogP contribution in [0.15, 0.2) is 36.4 Å². The minimum atomic E-state index is 0.152. The molecule has 0 radical (unpaired) electrons. The third kappa shape index (κ3) is 3.99. The first kappa shape index (κ1) is 12.3. The molecule has 0 aromatic heterocycles. The minimum absolute atomic E-state index is 0.152. The molecule has 0 saturated carbocycles. The molecule has 1 aromatic rings. The monoisotopic (exact) mass is 231 g/mol. The molecule has 0 bridgehead atoms. The first-order chi connectivity index (χ1) is 8.29. The summed E-state index contributed by atoms with van der Waals surface area (Å²) >= 11 is 0. The predicted octanol–water partition coefficient (Wildman–Crippen LogP) is 2.86. The SMILES string of the molecule is CC1(NC/C=C/c2ccccc2)CCCOC1. The molecule has 1 aromatic carbocycles. The quantitative estimate of drug-likeness (QED) is 0.860.